The molecule has 1 aliphatic heterocycles. The van der Waals surface area contributed by atoms with E-state index in [0.29, 0.717) is 22.5 Å². The molecule has 2 unspecified atom stereocenters. The zero-order valence-electron chi connectivity index (χ0n) is 28.9. The van der Waals surface area contributed by atoms with E-state index in [1.807, 2.05) is 0 Å². The van der Waals surface area contributed by atoms with Crippen molar-refractivity contribution in [1.29, 1.82) is 0 Å². The van der Waals surface area contributed by atoms with E-state index in [1.165, 1.54) is 18.0 Å². The number of aromatic nitrogens is 5. The lowest BCUT2D eigenvalue weighted by Gasteiger charge is -2.29. The van der Waals surface area contributed by atoms with Gasteiger partial charge in [0.25, 0.3) is 0 Å². The van der Waals surface area contributed by atoms with Crippen LogP contribution in [0.1, 0.15) is 39.5 Å². The van der Waals surface area contributed by atoms with Crippen LogP contribution in [-0.2, 0) is 30.0 Å². The summed E-state index contributed by atoms with van der Waals surface area (Å²) < 4.78 is 72.8. The molecule has 4 heterocycles. The van der Waals surface area contributed by atoms with Gasteiger partial charge in [0, 0.05) is 29.1 Å². The van der Waals surface area contributed by atoms with E-state index < -0.39 is 67.8 Å². The van der Waals surface area contributed by atoms with Crippen molar-refractivity contribution < 1.29 is 46.5 Å². The predicted molar refractivity (Wildman–Crippen MR) is 184 cm³/mol. The summed E-state index contributed by atoms with van der Waals surface area (Å²) >= 11 is 0. The number of nitrogens with zero attached hydrogens (tertiary/aromatic N) is 5. The molecule has 1 saturated heterocycles. The van der Waals surface area contributed by atoms with Crippen LogP contribution in [0, 0.1) is 23.5 Å². The van der Waals surface area contributed by atoms with Crippen molar-refractivity contribution in [3.63, 3.8) is 0 Å². The maximum Gasteiger partial charge on any atom is 0.459 e. The largest absolute Gasteiger partial charge is 0.479 e. The molecule has 15 nitrogen and oxygen atoms in total. The summed E-state index contributed by atoms with van der Waals surface area (Å²) in [5, 5.41) is 15.1. The number of benzene rings is 2. The fourth-order valence-electron chi connectivity index (χ4n) is 5.81. The highest BCUT2D eigenvalue weighted by molar-refractivity contribution is 7.52. The Kier molecular flexibility index (Phi) is 10.4. The van der Waals surface area contributed by atoms with E-state index in [2.05, 4.69) is 25.0 Å². The number of ether oxygens (including phenoxy) is 3. The van der Waals surface area contributed by atoms with Crippen LogP contribution in [0.3, 0.4) is 0 Å². The molecule has 0 saturated carbocycles. The minimum atomic E-state index is -4.48. The van der Waals surface area contributed by atoms with Crippen LogP contribution < -0.4 is 20.1 Å². The minimum absolute atomic E-state index is 0.0510. The summed E-state index contributed by atoms with van der Waals surface area (Å²) in [5.74, 6) is -3.49. The standard InChI is InChI=1S/C34H38F2N7O8P/c1-18(2)27(31(44)48-15-21-8-9-22(35)14-24(21)36)42-52(46,51-23-10-11-25-20(13-23)7-6-12-38-25)49-16-26-19(3)34(4,45)32(50-26)43-17-39-28-29(43)40-33(37)41-30(28)47-5/h6-14,17-19,26-27,32,45H,15-16H2,1-5H3,(H,42,46)(H2,37,40,41)/t19-,26-,27+,32?,34-,52?/m1/s1. The molecule has 1 fully saturated rings. The second kappa shape index (κ2) is 14.7. The van der Waals surface area contributed by atoms with Gasteiger partial charge < -0.3 is 29.6 Å². The number of imidazole rings is 1. The molecular formula is C34H38F2N7O8P. The van der Waals surface area contributed by atoms with Gasteiger partial charge in [0.05, 0.1) is 31.7 Å². The molecule has 0 aliphatic carbocycles. The first kappa shape index (κ1) is 37.0. The first-order valence-electron chi connectivity index (χ1n) is 16.3. The number of fused-ring (bicyclic) bond motifs is 2. The molecule has 0 amide bonds. The highest BCUT2D eigenvalue weighted by atomic mass is 31.2. The number of anilines is 1. The van der Waals surface area contributed by atoms with Gasteiger partial charge in [-0.25, -0.2) is 18.3 Å². The summed E-state index contributed by atoms with van der Waals surface area (Å²) in [7, 11) is -3.07. The van der Waals surface area contributed by atoms with Gasteiger partial charge in [0.15, 0.2) is 17.4 Å². The van der Waals surface area contributed by atoms with Crippen LogP contribution in [-0.4, -0.2) is 67.0 Å². The highest BCUT2D eigenvalue weighted by Crippen LogP contribution is 2.49. The zero-order valence-corrected chi connectivity index (χ0v) is 29.8. The molecular weight excluding hydrogens is 703 g/mol. The number of nitrogens with two attached hydrogens (primary N) is 1. The number of hydrogen-bond acceptors (Lipinski definition) is 13. The van der Waals surface area contributed by atoms with Crippen molar-refractivity contribution in [2.24, 2.45) is 11.8 Å². The Morgan fingerprint density at radius 3 is 2.69 bits per heavy atom. The average Bonchev–Trinajstić information content (AvgIpc) is 3.61. The van der Waals surface area contributed by atoms with E-state index in [0.717, 1.165) is 12.1 Å². The SMILES string of the molecule is COc1nc(N)nc2c1ncn2C1O[C@H](COP(=O)(N[C@H](C(=O)OCc2ccc(F)cc2F)C(C)C)Oc2ccc3ncccc3c2)[C@@H](C)[C@@]1(C)O. The molecule has 52 heavy (non-hydrogen) atoms. The van der Waals surface area contributed by atoms with Gasteiger partial charge >= 0.3 is 13.7 Å². The van der Waals surface area contributed by atoms with Crippen molar-refractivity contribution in [1.82, 2.24) is 29.6 Å². The van der Waals surface area contributed by atoms with Crippen molar-refractivity contribution in [2.75, 3.05) is 19.5 Å². The van der Waals surface area contributed by atoms with Gasteiger partial charge in [-0.05, 0) is 49.2 Å². The zero-order chi connectivity index (χ0) is 37.4. The number of rotatable bonds is 13. The van der Waals surface area contributed by atoms with Crippen LogP contribution in [0.4, 0.5) is 14.7 Å². The lowest BCUT2D eigenvalue weighted by atomic mass is 9.88. The number of methoxy groups -OCH3 is 1. The summed E-state index contributed by atoms with van der Waals surface area (Å²) in [6.45, 7) is 5.77. The summed E-state index contributed by atoms with van der Waals surface area (Å²) in [6, 6.07) is 9.98. The predicted octanol–water partition coefficient (Wildman–Crippen LogP) is 5.09. The van der Waals surface area contributed by atoms with Gasteiger partial charge in [0.1, 0.15) is 35.6 Å². The first-order chi connectivity index (χ1) is 24.7. The highest BCUT2D eigenvalue weighted by Gasteiger charge is 2.52. The number of aliphatic hydroxyl groups is 1. The maximum atomic E-state index is 14.7. The van der Waals surface area contributed by atoms with E-state index in [1.54, 1.807) is 64.2 Å². The number of carbonyl (C=O) groups excluding carboxylic acids is 1. The Hall–Kier alpha value is -4.80. The van der Waals surface area contributed by atoms with E-state index in [9.17, 15) is 23.2 Å². The van der Waals surface area contributed by atoms with Crippen LogP contribution in [0.2, 0.25) is 0 Å². The fraction of sp³-hybridized carbons (Fsp3) is 0.382. The van der Waals surface area contributed by atoms with E-state index >= 15 is 0 Å². The Morgan fingerprint density at radius 2 is 1.96 bits per heavy atom. The van der Waals surface area contributed by atoms with Gasteiger partial charge in [-0.2, -0.15) is 15.1 Å². The molecule has 5 aromatic rings. The average molecular weight is 742 g/mol. The number of nitrogens with one attached hydrogen (secondary N) is 1. The second-order valence-electron chi connectivity index (χ2n) is 12.9. The van der Waals surface area contributed by atoms with Gasteiger partial charge in [-0.3, -0.25) is 18.9 Å². The van der Waals surface area contributed by atoms with Gasteiger partial charge in [-0.1, -0.05) is 26.8 Å². The summed E-state index contributed by atoms with van der Waals surface area (Å²) in [4.78, 5) is 30.3. The maximum absolute atomic E-state index is 14.7. The molecule has 0 bridgehead atoms. The molecule has 0 spiro atoms. The van der Waals surface area contributed by atoms with Crippen LogP contribution in [0.15, 0.2) is 61.1 Å². The van der Waals surface area contributed by atoms with Gasteiger partial charge in [0.2, 0.25) is 11.8 Å². The van der Waals surface area contributed by atoms with Crippen LogP contribution in [0.25, 0.3) is 22.1 Å². The molecule has 6 atom stereocenters. The van der Waals surface area contributed by atoms with Crippen molar-refractivity contribution in [3.8, 4) is 11.6 Å². The number of halogens is 2. The molecule has 4 N–H and O–H groups in total. The Bertz CT molecular complexity index is 2150. The molecule has 1 aliphatic rings. The molecule has 6 rings (SSSR count). The summed E-state index contributed by atoms with van der Waals surface area (Å²) in [5.41, 5.74) is 5.53. The molecule has 0 radical (unpaired) electrons. The third kappa shape index (κ3) is 7.54. The monoisotopic (exact) mass is 741 g/mol. The first-order valence-corrected chi connectivity index (χ1v) is 17.8. The van der Waals surface area contributed by atoms with Crippen LogP contribution in [0.5, 0.6) is 11.6 Å². The smallest absolute Gasteiger partial charge is 0.459 e. The summed E-state index contributed by atoms with van der Waals surface area (Å²) in [6.07, 6.45) is 1.12. The lowest BCUT2D eigenvalue weighted by molar-refractivity contribution is -0.148. The number of hydrogen-bond donors (Lipinski definition) is 3. The molecule has 18 heteroatoms. The number of esters is 1. The number of pyridine rings is 1. The third-order valence-corrected chi connectivity index (χ3v) is 10.5. The third-order valence-electron chi connectivity index (χ3n) is 8.95. The topological polar surface area (TPSA) is 195 Å². The number of nitrogen functional groups attached to an aromatic ring is 1. The Labute approximate surface area is 297 Å². The molecule has 3 aromatic heterocycles. The number of carbonyl (C=O) groups is 1. The van der Waals surface area contributed by atoms with Crippen molar-refractivity contribution >= 4 is 41.7 Å². The normalized spacial score (nSPS) is 22.1. The van der Waals surface area contributed by atoms with E-state index in [-0.39, 0.29) is 35.4 Å². The lowest BCUT2D eigenvalue weighted by Crippen LogP contribution is -2.42. The fourth-order valence-corrected chi connectivity index (χ4v) is 7.46. The van der Waals surface area contributed by atoms with Crippen molar-refractivity contribution in [3.05, 3.63) is 78.3 Å². The van der Waals surface area contributed by atoms with Crippen LogP contribution >= 0.6 is 7.75 Å². The second-order valence-corrected chi connectivity index (χ2v) is 14.6. The quantitative estimate of drug-likeness (QED) is 0.107. The Balaban J connectivity index is 1.26. The molecule has 276 valence electrons. The Morgan fingerprint density at radius 1 is 1.17 bits per heavy atom. The van der Waals surface area contributed by atoms with Crippen molar-refractivity contribution in [2.45, 2.75) is 58.3 Å². The van der Waals surface area contributed by atoms with E-state index in [4.69, 9.17) is 29.0 Å². The minimum Gasteiger partial charge on any atom is -0.479 e. The van der Waals surface area contributed by atoms with Gasteiger partial charge in [-0.15, -0.1) is 0 Å². The molecule has 2 aromatic carbocycles.